The third-order valence-electron chi connectivity index (χ3n) is 3.18. The van der Waals surface area contributed by atoms with Gasteiger partial charge in [0.1, 0.15) is 11.6 Å². The largest absolute Gasteiger partial charge is 0.493 e. The molecule has 0 aliphatic carbocycles. The molecule has 8 nitrogen and oxygen atoms in total. The normalized spacial score (nSPS) is 11.7. The van der Waals surface area contributed by atoms with Crippen LogP contribution in [0, 0.1) is 13.8 Å². The number of hydrogen-bond donors (Lipinski definition) is 2. The van der Waals surface area contributed by atoms with Gasteiger partial charge < -0.3 is 15.7 Å². The molecule has 1 heterocycles. The summed E-state index contributed by atoms with van der Waals surface area (Å²) in [6.45, 7) is 4.46. The van der Waals surface area contributed by atoms with Crippen LogP contribution in [0.1, 0.15) is 24.0 Å². The minimum atomic E-state index is 0.209. The van der Waals surface area contributed by atoms with Gasteiger partial charge in [0, 0.05) is 12.0 Å². The highest BCUT2D eigenvalue weighted by Gasteiger charge is 2.11. The zero-order chi connectivity index (χ0) is 16.1. The molecule has 2 rings (SSSR count). The lowest BCUT2D eigenvalue weighted by Crippen LogP contribution is -2.13. The third kappa shape index (κ3) is 3.72. The Kier molecular flexibility index (Phi) is 4.92. The third-order valence-corrected chi connectivity index (χ3v) is 3.18. The predicted molar refractivity (Wildman–Crippen MR) is 81.8 cm³/mol. The van der Waals surface area contributed by atoms with Crippen LogP contribution in [-0.4, -0.2) is 37.9 Å². The predicted octanol–water partition coefficient (Wildman–Crippen LogP) is 1.40. The van der Waals surface area contributed by atoms with Gasteiger partial charge in [-0.3, -0.25) is 0 Å². The van der Waals surface area contributed by atoms with Gasteiger partial charge in [-0.1, -0.05) is 5.16 Å². The quantitative estimate of drug-likeness (QED) is 0.274. The van der Waals surface area contributed by atoms with Crippen molar-refractivity contribution in [2.45, 2.75) is 26.7 Å². The van der Waals surface area contributed by atoms with Gasteiger partial charge in [0.25, 0.3) is 0 Å². The molecule has 0 saturated carbocycles. The number of aryl methyl sites for hydroxylation is 3. The second-order valence-electron chi connectivity index (χ2n) is 5.09. The van der Waals surface area contributed by atoms with Crippen molar-refractivity contribution in [1.82, 2.24) is 20.2 Å². The second kappa shape index (κ2) is 6.88. The van der Waals surface area contributed by atoms with Crippen molar-refractivity contribution in [3.63, 3.8) is 0 Å². The fraction of sp³-hybridized carbons (Fsp3) is 0.429. The van der Waals surface area contributed by atoms with Crippen molar-refractivity contribution in [1.29, 1.82) is 0 Å². The fourth-order valence-electron chi connectivity index (χ4n) is 2.18. The molecule has 8 heteroatoms. The van der Waals surface area contributed by atoms with Crippen molar-refractivity contribution < 1.29 is 9.94 Å². The summed E-state index contributed by atoms with van der Waals surface area (Å²) in [5.74, 6) is 1.64. The van der Waals surface area contributed by atoms with E-state index in [2.05, 4.69) is 20.6 Å². The van der Waals surface area contributed by atoms with E-state index in [0.29, 0.717) is 25.3 Å². The molecule has 0 aliphatic heterocycles. The van der Waals surface area contributed by atoms with Crippen LogP contribution in [0.15, 0.2) is 17.3 Å². The van der Waals surface area contributed by atoms with E-state index in [-0.39, 0.29) is 5.84 Å². The van der Waals surface area contributed by atoms with Crippen LogP contribution in [0.2, 0.25) is 0 Å². The Morgan fingerprint density at radius 1 is 1.36 bits per heavy atom. The van der Waals surface area contributed by atoms with E-state index in [1.807, 2.05) is 26.0 Å². The number of tetrazole rings is 1. The number of benzene rings is 1. The van der Waals surface area contributed by atoms with Crippen LogP contribution < -0.4 is 10.5 Å². The van der Waals surface area contributed by atoms with Gasteiger partial charge in [-0.15, -0.1) is 10.2 Å². The molecule has 1 aromatic carbocycles. The molecule has 1 aromatic heterocycles. The molecule has 0 amide bonds. The van der Waals surface area contributed by atoms with Gasteiger partial charge in [-0.2, -0.15) is 4.80 Å². The number of nitrogens with two attached hydrogens (primary N) is 1. The maximum Gasteiger partial charge on any atom is 0.204 e. The van der Waals surface area contributed by atoms with Crippen molar-refractivity contribution in [2.75, 3.05) is 6.61 Å². The summed E-state index contributed by atoms with van der Waals surface area (Å²) in [6.07, 6.45) is 1.18. The van der Waals surface area contributed by atoms with Crippen LogP contribution in [0.3, 0.4) is 0 Å². The molecule has 118 valence electrons. The lowest BCUT2D eigenvalue weighted by molar-refractivity contribution is 0.303. The Bertz CT molecular complexity index is 657. The Morgan fingerprint density at radius 2 is 2.05 bits per heavy atom. The van der Waals surface area contributed by atoms with Crippen LogP contribution in [0.5, 0.6) is 5.75 Å². The highest BCUT2D eigenvalue weighted by atomic mass is 16.5. The Balaban J connectivity index is 2.07. The smallest absolute Gasteiger partial charge is 0.204 e. The van der Waals surface area contributed by atoms with Gasteiger partial charge in [0.2, 0.25) is 5.82 Å². The van der Waals surface area contributed by atoms with Crippen molar-refractivity contribution in [3.05, 3.63) is 23.3 Å². The molecular formula is C14H20N6O2. The molecule has 0 fully saturated rings. The van der Waals surface area contributed by atoms with Crippen molar-refractivity contribution >= 4 is 5.84 Å². The average Bonchev–Trinajstić information content (AvgIpc) is 2.91. The highest BCUT2D eigenvalue weighted by molar-refractivity contribution is 5.79. The number of nitrogens with zero attached hydrogens (tertiary/aromatic N) is 5. The first-order valence-electron chi connectivity index (χ1n) is 6.96. The zero-order valence-electron chi connectivity index (χ0n) is 12.9. The van der Waals surface area contributed by atoms with Gasteiger partial charge >= 0.3 is 0 Å². The van der Waals surface area contributed by atoms with Crippen LogP contribution in [0.4, 0.5) is 0 Å². The molecule has 0 radical (unpaired) electrons. The zero-order valence-corrected chi connectivity index (χ0v) is 12.9. The van der Waals surface area contributed by atoms with E-state index in [1.165, 1.54) is 4.80 Å². The number of rotatable bonds is 6. The minimum Gasteiger partial charge on any atom is -0.493 e. The minimum absolute atomic E-state index is 0.209. The van der Waals surface area contributed by atoms with E-state index in [4.69, 9.17) is 15.7 Å². The first kappa shape index (κ1) is 15.7. The first-order chi connectivity index (χ1) is 10.5. The second-order valence-corrected chi connectivity index (χ2v) is 5.09. The highest BCUT2D eigenvalue weighted by Crippen LogP contribution is 2.28. The first-order valence-corrected chi connectivity index (χ1v) is 6.96. The topological polar surface area (TPSA) is 111 Å². The number of oxime groups is 1. The van der Waals surface area contributed by atoms with Crippen molar-refractivity contribution in [2.24, 2.45) is 17.9 Å². The summed E-state index contributed by atoms with van der Waals surface area (Å²) < 4.78 is 5.80. The molecule has 22 heavy (non-hydrogen) atoms. The van der Waals surface area contributed by atoms with Gasteiger partial charge in [0.05, 0.1) is 13.7 Å². The van der Waals surface area contributed by atoms with Gasteiger partial charge in [-0.25, -0.2) is 0 Å². The van der Waals surface area contributed by atoms with E-state index < -0.39 is 0 Å². The Labute approximate surface area is 128 Å². The molecular weight excluding hydrogens is 284 g/mol. The van der Waals surface area contributed by atoms with Gasteiger partial charge in [0.15, 0.2) is 0 Å². The monoisotopic (exact) mass is 304 g/mol. The molecule has 0 aliphatic rings. The van der Waals surface area contributed by atoms with Gasteiger partial charge in [-0.05, 0) is 48.7 Å². The average molecular weight is 304 g/mol. The number of ether oxygens (including phenoxy) is 1. The SMILES string of the molecule is Cc1cc(-c2nnn(C)n2)cc(C)c1OCCCC(N)=NO. The summed E-state index contributed by atoms with van der Waals surface area (Å²) in [6, 6.07) is 3.95. The molecule has 3 N–H and O–H groups in total. The molecule has 0 atom stereocenters. The summed E-state index contributed by atoms with van der Waals surface area (Å²) in [5.41, 5.74) is 8.34. The maximum atomic E-state index is 8.48. The summed E-state index contributed by atoms with van der Waals surface area (Å²) in [7, 11) is 1.73. The molecule has 0 saturated heterocycles. The van der Waals surface area contributed by atoms with E-state index >= 15 is 0 Å². The summed E-state index contributed by atoms with van der Waals surface area (Å²) in [4.78, 5) is 1.43. The van der Waals surface area contributed by atoms with E-state index in [9.17, 15) is 0 Å². The van der Waals surface area contributed by atoms with E-state index in [0.717, 1.165) is 22.4 Å². The van der Waals surface area contributed by atoms with Crippen LogP contribution >= 0.6 is 0 Å². The number of hydrogen-bond acceptors (Lipinski definition) is 6. The molecule has 0 bridgehead atoms. The molecule has 2 aromatic rings. The fourth-order valence-corrected chi connectivity index (χ4v) is 2.18. The Hall–Kier alpha value is -2.64. The number of amidine groups is 1. The summed E-state index contributed by atoms with van der Waals surface area (Å²) in [5, 5.41) is 23.5. The standard InChI is InChI=1S/C14H20N6O2/c1-9-7-11(14-16-19-20(3)17-14)8-10(2)13(9)22-6-4-5-12(15)18-21/h7-8,21H,4-6H2,1-3H3,(H2,15,18). The lowest BCUT2D eigenvalue weighted by atomic mass is 10.1. The summed E-state index contributed by atoms with van der Waals surface area (Å²) >= 11 is 0. The number of aromatic nitrogens is 4. The lowest BCUT2D eigenvalue weighted by Gasteiger charge is -2.13. The Morgan fingerprint density at radius 3 is 2.59 bits per heavy atom. The molecule has 0 unspecified atom stereocenters. The maximum absolute atomic E-state index is 8.48. The molecule has 0 spiro atoms. The van der Waals surface area contributed by atoms with E-state index in [1.54, 1.807) is 7.05 Å². The van der Waals surface area contributed by atoms with Crippen LogP contribution in [-0.2, 0) is 7.05 Å². The van der Waals surface area contributed by atoms with Crippen molar-refractivity contribution in [3.8, 4) is 17.1 Å². The van der Waals surface area contributed by atoms with Crippen LogP contribution in [0.25, 0.3) is 11.4 Å².